The smallest absolute Gasteiger partial charge is 0.372 e. The van der Waals surface area contributed by atoms with Crippen LogP contribution >= 0.6 is 23.2 Å². The molecule has 0 spiro atoms. The molecule has 2 nitrogen and oxygen atoms in total. The second-order valence-corrected chi connectivity index (χ2v) is 5.90. The zero-order valence-electron chi connectivity index (χ0n) is 11.8. The van der Waals surface area contributed by atoms with E-state index in [2.05, 4.69) is 6.92 Å². The van der Waals surface area contributed by atoms with E-state index in [-0.39, 0.29) is 10.6 Å². The zero-order valence-corrected chi connectivity index (χ0v) is 13.3. The summed E-state index contributed by atoms with van der Waals surface area (Å²) in [4.78, 5) is 0. The molecular formula is C16H13Cl2F3NO. The first-order chi connectivity index (χ1) is 10.6. The third kappa shape index (κ3) is 4.85. The first-order valence-corrected chi connectivity index (χ1v) is 7.29. The maximum absolute atomic E-state index is 12.4. The van der Waals surface area contributed by atoms with Crippen LogP contribution in [0.3, 0.4) is 0 Å². The van der Waals surface area contributed by atoms with Gasteiger partial charge in [-0.05, 0) is 42.3 Å². The number of rotatable bonds is 4. The molecule has 23 heavy (non-hydrogen) atoms. The van der Waals surface area contributed by atoms with Crippen LogP contribution in [0.2, 0.25) is 10.0 Å². The molecule has 0 aromatic heterocycles. The normalized spacial score (nSPS) is 14.6. The molecule has 1 radical (unpaired) electrons. The van der Waals surface area contributed by atoms with Crippen LogP contribution in [0.15, 0.2) is 42.5 Å². The van der Waals surface area contributed by atoms with E-state index in [1.807, 2.05) is 5.32 Å². The highest BCUT2D eigenvalue weighted by Gasteiger charge is 2.34. The monoisotopic (exact) mass is 362 g/mol. The third-order valence-electron chi connectivity index (χ3n) is 3.16. The van der Waals surface area contributed by atoms with Gasteiger partial charge in [-0.2, -0.15) is 13.2 Å². The van der Waals surface area contributed by atoms with Crippen molar-refractivity contribution >= 4 is 23.2 Å². The summed E-state index contributed by atoms with van der Waals surface area (Å²) >= 11 is 11.7. The van der Waals surface area contributed by atoms with Gasteiger partial charge in [-0.3, -0.25) is 5.32 Å². The summed E-state index contributed by atoms with van der Waals surface area (Å²) in [7, 11) is 0. The van der Waals surface area contributed by atoms with Crippen molar-refractivity contribution in [2.45, 2.75) is 11.9 Å². The van der Waals surface area contributed by atoms with Crippen LogP contribution in [0.5, 0.6) is 0 Å². The molecule has 2 N–H and O–H groups in total. The van der Waals surface area contributed by atoms with E-state index < -0.39 is 18.4 Å². The molecule has 7 heteroatoms. The fraction of sp³-hybridized carbons (Fsp3) is 0.188. The predicted molar refractivity (Wildman–Crippen MR) is 85.2 cm³/mol. The number of hydrogen-bond acceptors (Lipinski definition) is 2. The highest BCUT2D eigenvalue weighted by molar-refractivity contribution is 6.31. The van der Waals surface area contributed by atoms with Crippen molar-refractivity contribution in [1.82, 2.24) is 5.32 Å². The van der Waals surface area contributed by atoms with Crippen LogP contribution in [-0.4, -0.2) is 17.8 Å². The average Bonchev–Trinajstić information content (AvgIpc) is 2.46. The van der Waals surface area contributed by atoms with E-state index in [1.165, 1.54) is 6.07 Å². The summed E-state index contributed by atoms with van der Waals surface area (Å²) in [6.45, 7) is 2.06. The maximum atomic E-state index is 12.4. The van der Waals surface area contributed by atoms with Crippen molar-refractivity contribution in [2.24, 2.45) is 0 Å². The van der Waals surface area contributed by atoms with E-state index in [1.54, 1.807) is 36.4 Å². The number of aliphatic hydroxyl groups is 1. The van der Waals surface area contributed by atoms with Gasteiger partial charge in [0.1, 0.15) is 5.72 Å². The van der Waals surface area contributed by atoms with Crippen molar-refractivity contribution < 1.29 is 18.3 Å². The van der Waals surface area contributed by atoms with Gasteiger partial charge in [0, 0.05) is 15.6 Å². The molecular weight excluding hydrogens is 350 g/mol. The lowest BCUT2D eigenvalue weighted by molar-refractivity contribution is -0.137. The van der Waals surface area contributed by atoms with Gasteiger partial charge in [-0.1, -0.05) is 41.4 Å². The van der Waals surface area contributed by atoms with Gasteiger partial charge in [-0.25, -0.2) is 0 Å². The first-order valence-electron chi connectivity index (χ1n) is 6.54. The van der Waals surface area contributed by atoms with Crippen molar-refractivity contribution in [1.29, 1.82) is 0 Å². The molecule has 2 aromatic rings. The van der Waals surface area contributed by atoms with Crippen molar-refractivity contribution in [2.75, 3.05) is 6.54 Å². The minimum absolute atomic E-state index is 0.136. The maximum Gasteiger partial charge on any atom is 0.401 e. The van der Waals surface area contributed by atoms with E-state index >= 15 is 0 Å². The van der Waals surface area contributed by atoms with Gasteiger partial charge < -0.3 is 5.11 Å². The Kier molecular flexibility index (Phi) is 5.26. The second-order valence-electron chi connectivity index (χ2n) is 5.03. The second kappa shape index (κ2) is 6.69. The van der Waals surface area contributed by atoms with E-state index in [4.69, 9.17) is 23.2 Å². The largest absolute Gasteiger partial charge is 0.401 e. The fourth-order valence-corrected chi connectivity index (χ4v) is 2.38. The number of halogens is 5. The van der Waals surface area contributed by atoms with E-state index in [0.717, 1.165) is 0 Å². The quantitative estimate of drug-likeness (QED) is 0.766. The highest BCUT2D eigenvalue weighted by Crippen LogP contribution is 2.33. The molecule has 0 fully saturated rings. The van der Waals surface area contributed by atoms with E-state index in [9.17, 15) is 18.3 Å². The molecule has 0 aliphatic rings. The first kappa shape index (κ1) is 18.1. The summed E-state index contributed by atoms with van der Waals surface area (Å²) in [5, 5.41) is 13.2. The Morgan fingerprint density at radius 2 is 1.57 bits per heavy atom. The SMILES string of the molecule is [CH2]C(O)(NCC(F)(F)F)c1cc(Cl)ccc1-c1ccc(Cl)cc1. The molecule has 0 aliphatic heterocycles. The number of nitrogens with one attached hydrogen (secondary N) is 1. The molecule has 0 bridgehead atoms. The Balaban J connectivity index is 2.44. The minimum Gasteiger partial charge on any atom is -0.372 e. The lowest BCUT2D eigenvalue weighted by atomic mass is 9.93. The van der Waals surface area contributed by atoms with Gasteiger partial charge in [0.2, 0.25) is 0 Å². The van der Waals surface area contributed by atoms with Crippen molar-refractivity contribution in [3.8, 4) is 11.1 Å². The fourth-order valence-electron chi connectivity index (χ4n) is 2.08. The van der Waals surface area contributed by atoms with Gasteiger partial charge in [0.15, 0.2) is 0 Å². The van der Waals surface area contributed by atoms with Crippen LogP contribution < -0.4 is 5.32 Å². The summed E-state index contributed by atoms with van der Waals surface area (Å²) < 4.78 is 37.2. The third-order valence-corrected chi connectivity index (χ3v) is 3.65. The zero-order chi connectivity index (χ0) is 17.3. The molecule has 0 saturated heterocycles. The van der Waals surface area contributed by atoms with Crippen LogP contribution in [-0.2, 0) is 5.72 Å². The lowest BCUT2D eigenvalue weighted by Gasteiger charge is -2.28. The van der Waals surface area contributed by atoms with Crippen LogP contribution in [0.4, 0.5) is 13.2 Å². The summed E-state index contributed by atoms with van der Waals surface area (Å²) in [6.07, 6.45) is -4.48. The van der Waals surface area contributed by atoms with Crippen LogP contribution in [0.25, 0.3) is 11.1 Å². The average molecular weight is 363 g/mol. The predicted octanol–water partition coefficient (Wildman–Crippen LogP) is 4.79. The molecule has 1 unspecified atom stereocenters. The summed E-state index contributed by atoms with van der Waals surface area (Å²) in [5.41, 5.74) is -0.859. The summed E-state index contributed by atoms with van der Waals surface area (Å²) in [6, 6.07) is 11.2. The molecule has 0 saturated carbocycles. The van der Waals surface area contributed by atoms with Crippen molar-refractivity contribution in [3.63, 3.8) is 0 Å². The topological polar surface area (TPSA) is 32.3 Å². The molecule has 2 rings (SSSR count). The molecule has 0 aliphatic carbocycles. The van der Waals surface area contributed by atoms with Gasteiger partial charge in [-0.15, -0.1) is 0 Å². The molecule has 1 atom stereocenters. The Morgan fingerprint density at radius 1 is 1.00 bits per heavy atom. The Bertz CT molecular complexity index is 685. The number of benzene rings is 2. The number of hydrogen-bond donors (Lipinski definition) is 2. The Morgan fingerprint density at radius 3 is 2.13 bits per heavy atom. The standard InChI is InChI=1S/C16H13Cl2F3NO/c1-15(23,22-9-16(19,20)21)14-8-12(18)6-7-13(14)10-2-4-11(17)5-3-10/h2-8,22-23H,1,9H2. The summed E-state index contributed by atoms with van der Waals surface area (Å²) in [5.74, 6) is 0. The van der Waals surface area contributed by atoms with Crippen LogP contribution in [0, 0.1) is 6.92 Å². The molecule has 123 valence electrons. The van der Waals surface area contributed by atoms with Crippen molar-refractivity contribution in [3.05, 3.63) is 65.0 Å². The number of alkyl halides is 3. The Labute approximate surface area is 141 Å². The minimum atomic E-state index is -4.48. The Hall–Kier alpha value is -1.27. The van der Waals surface area contributed by atoms with Gasteiger partial charge in [0.25, 0.3) is 0 Å². The van der Waals surface area contributed by atoms with Gasteiger partial charge >= 0.3 is 6.18 Å². The molecule has 2 aromatic carbocycles. The van der Waals surface area contributed by atoms with Crippen LogP contribution in [0.1, 0.15) is 5.56 Å². The highest BCUT2D eigenvalue weighted by atomic mass is 35.5. The van der Waals surface area contributed by atoms with Gasteiger partial charge in [0.05, 0.1) is 6.54 Å². The molecule has 0 heterocycles. The molecule has 0 amide bonds. The van der Waals surface area contributed by atoms with E-state index in [0.29, 0.717) is 16.1 Å². The lowest BCUT2D eigenvalue weighted by Crippen LogP contribution is -2.45.